The summed E-state index contributed by atoms with van der Waals surface area (Å²) in [5.74, 6) is 1.65. The molecular weight excluding hydrogens is 471 g/mol. The zero-order chi connectivity index (χ0) is 23.5. The van der Waals surface area contributed by atoms with Gasteiger partial charge in [-0.25, -0.2) is 0 Å². The van der Waals surface area contributed by atoms with Crippen molar-refractivity contribution in [3.8, 4) is 28.5 Å². The summed E-state index contributed by atoms with van der Waals surface area (Å²) < 4.78 is 11.6. The molecule has 2 heterocycles. The molecule has 5 nitrogen and oxygen atoms in total. The van der Waals surface area contributed by atoms with Gasteiger partial charge in [-0.2, -0.15) is 0 Å². The van der Waals surface area contributed by atoms with Gasteiger partial charge in [0, 0.05) is 34.1 Å². The lowest BCUT2D eigenvalue weighted by molar-refractivity contribution is 0.102. The third kappa shape index (κ3) is 5.01. The highest BCUT2D eigenvalue weighted by atomic mass is 35.5. The van der Waals surface area contributed by atoms with Crippen LogP contribution in [0, 0.1) is 0 Å². The average Bonchev–Trinajstić information content (AvgIpc) is 2.85. The molecule has 5 rings (SSSR count). The van der Waals surface area contributed by atoms with Crippen molar-refractivity contribution in [3.05, 3.63) is 100 Å². The molecule has 4 aromatic rings. The number of hydrogen-bond acceptors (Lipinski definition) is 4. The second-order valence-corrected chi connectivity index (χ2v) is 8.71. The average molecular weight is 491 g/mol. The molecule has 0 unspecified atom stereocenters. The highest BCUT2D eigenvalue weighted by molar-refractivity contribution is 6.32. The number of fused-ring (bicyclic) bond motifs is 1. The lowest BCUT2D eigenvalue weighted by Crippen LogP contribution is -2.11. The number of benzene rings is 3. The van der Waals surface area contributed by atoms with E-state index in [0.717, 1.165) is 35.4 Å². The SMILES string of the molecule is O=C(Nc1ccnc(-c2cccc(Cl)c2)c1)c1ccc(Oc2cc3c(cc2Cl)CCCO3)cc1. The van der Waals surface area contributed by atoms with Gasteiger partial charge in [0.25, 0.3) is 5.91 Å². The molecule has 0 atom stereocenters. The van der Waals surface area contributed by atoms with E-state index in [1.807, 2.05) is 30.3 Å². The molecule has 0 saturated carbocycles. The summed E-state index contributed by atoms with van der Waals surface area (Å²) in [6, 6.07) is 21.5. The predicted molar refractivity (Wildman–Crippen MR) is 134 cm³/mol. The Morgan fingerprint density at radius 1 is 1.00 bits per heavy atom. The summed E-state index contributed by atoms with van der Waals surface area (Å²) in [5, 5.41) is 4.06. The summed E-state index contributed by atoms with van der Waals surface area (Å²) in [4.78, 5) is 17.1. The maximum atomic E-state index is 12.8. The van der Waals surface area contributed by atoms with E-state index in [0.29, 0.717) is 39.4 Å². The molecule has 1 N–H and O–H groups in total. The highest BCUT2D eigenvalue weighted by Crippen LogP contribution is 2.37. The molecular formula is C27H20Cl2N2O3. The Balaban J connectivity index is 1.28. The van der Waals surface area contributed by atoms with Gasteiger partial charge in [-0.05, 0) is 73.0 Å². The van der Waals surface area contributed by atoms with E-state index in [1.54, 1.807) is 48.7 Å². The summed E-state index contributed by atoms with van der Waals surface area (Å²) in [6.07, 6.45) is 3.57. The summed E-state index contributed by atoms with van der Waals surface area (Å²) >= 11 is 12.5. The number of hydrogen-bond donors (Lipinski definition) is 1. The van der Waals surface area contributed by atoms with E-state index in [1.165, 1.54) is 0 Å². The van der Waals surface area contributed by atoms with Gasteiger partial charge in [0.2, 0.25) is 0 Å². The first kappa shape index (κ1) is 22.3. The van der Waals surface area contributed by atoms with Gasteiger partial charge < -0.3 is 14.8 Å². The quantitative estimate of drug-likeness (QED) is 0.316. The van der Waals surface area contributed by atoms with Crippen LogP contribution < -0.4 is 14.8 Å². The number of rotatable bonds is 5. The first-order valence-corrected chi connectivity index (χ1v) is 11.6. The maximum Gasteiger partial charge on any atom is 0.255 e. The number of aromatic nitrogens is 1. The molecule has 1 aromatic heterocycles. The topological polar surface area (TPSA) is 60.5 Å². The molecule has 0 bridgehead atoms. The van der Waals surface area contributed by atoms with Crippen molar-refractivity contribution in [2.75, 3.05) is 11.9 Å². The Labute approximate surface area is 207 Å². The molecule has 0 aliphatic carbocycles. The van der Waals surface area contributed by atoms with Crippen LogP contribution in [0.4, 0.5) is 5.69 Å². The van der Waals surface area contributed by atoms with E-state index in [9.17, 15) is 4.79 Å². The van der Waals surface area contributed by atoms with Crippen LogP contribution in [0.15, 0.2) is 79.0 Å². The number of carbonyl (C=O) groups excluding carboxylic acids is 1. The van der Waals surface area contributed by atoms with Crippen LogP contribution in [0.5, 0.6) is 17.2 Å². The molecule has 34 heavy (non-hydrogen) atoms. The summed E-state index contributed by atoms with van der Waals surface area (Å²) in [7, 11) is 0. The summed E-state index contributed by atoms with van der Waals surface area (Å²) in [6.45, 7) is 0.690. The van der Waals surface area contributed by atoms with Crippen LogP contribution in [0.1, 0.15) is 22.3 Å². The van der Waals surface area contributed by atoms with Gasteiger partial charge >= 0.3 is 0 Å². The third-order valence-electron chi connectivity index (χ3n) is 5.45. The molecule has 1 aliphatic heterocycles. The second kappa shape index (κ2) is 9.75. The Morgan fingerprint density at radius 2 is 1.85 bits per heavy atom. The number of pyridine rings is 1. The number of carbonyl (C=O) groups is 1. The number of halogens is 2. The number of nitrogens with one attached hydrogen (secondary N) is 1. The fourth-order valence-electron chi connectivity index (χ4n) is 3.75. The Bertz CT molecular complexity index is 1360. The van der Waals surface area contributed by atoms with Crippen LogP contribution in [0.3, 0.4) is 0 Å². The Morgan fingerprint density at radius 3 is 2.68 bits per heavy atom. The zero-order valence-electron chi connectivity index (χ0n) is 18.1. The van der Waals surface area contributed by atoms with E-state index in [2.05, 4.69) is 10.3 Å². The largest absolute Gasteiger partial charge is 0.493 e. The van der Waals surface area contributed by atoms with Crippen LogP contribution in [0.25, 0.3) is 11.3 Å². The number of aryl methyl sites for hydroxylation is 1. The van der Waals surface area contributed by atoms with E-state index in [-0.39, 0.29) is 5.91 Å². The molecule has 0 saturated heterocycles. The molecule has 0 radical (unpaired) electrons. The van der Waals surface area contributed by atoms with E-state index < -0.39 is 0 Å². The van der Waals surface area contributed by atoms with Crippen molar-refractivity contribution in [1.29, 1.82) is 0 Å². The molecule has 3 aromatic carbocycles. The monoisotopic (exact) mass is 490 g/mol. The smallest absolute Gasteiger partial charge is 0.255 e. The number of amides is 1. The maximum absolute atomic E-state index is 12.8. The molecule has 1 aliphatic rings. The molecule has 7 heteroatoms. The minimum absolute atomic E-state index is 0.241. The molecule has 0 spiro atoms. The molecule has 0 fully saturated rings. The van der Waals surface area contributed by atoms with Crippen LogP contribution in [-0.2, 0) is 6.42 Å². The van der Waals surface area contributed by atoms with Crippen molar-refractivity contribution < 1.29 is 14.3 Å². The lowest BCUT2D eigenvalue weighted by Gasteiger charge is -2.19. The van der Waals surface area contributed by atoms with Crippen molar-refractivity contribution in [2.24, 2.45) is 0 Å². The van der Waals surface area contributed by atoms with Gasteiger partial charge in [0.15, 0.2) is 0 Å². The fourth-order valence-corrected chi connectivity index (χ4v) is 4.16. The minimum atomic E-state index is -0.241. The van der Waals surface area contributed by atoms with Crippen LogP contribution in [0.2, 0.25) is 10.0 Å². The first-order chi connectivity index (χ1) is 16.5. The van der Waals surface area contributed by atoms with E-state index >= 15 is 0 Å². The third-order valence-corrected chi connectivity index (χ3v) is 5.98. The lowest BCUT2D eigenvalue weighted by atomic mass is 10.1. The Hall–Kier alpha value is -3.54. The normalized spacial score (nSPS) is 12.4. The zero-order valence-corrected chi connectivity index (χ0v) is 19.6. The van der Waals surface area contributed by atoms with Crippen molar-refractivity contribution in [3.63, 3.8) is 0 Å². The standard InChI is InChI=1S/C27H20Cl2N2O3/c28-20-5-1-3-18(13-20)24-15-21(10-11-30-24)31-27(32)17-6-8-22(9-7-17)34-26-16-25-19(14-23(26)29)4-2-12-33-25/h1,3,5-11,13-16H,2,4,12H2,(H,30,31,32). The van der Waals surface area contributed by atoms with Crippen molar-refractivity contribution >= 4 is 34.8 Å². The Kier molecular flexibility index (Phi) is 6.39. The molecule has 1 amide bonds. The van der Waals surface area contributed by atoms with Gasteiger partial charge in [-0.1, -0.05) is 35.3 Å². The predicted octanol–water partition coefficient (Wildman–Crippen LogP) is 7.43. The summed E-state index contributed by atoms with van der Waals surface area (Å²) in [5.41, 5.74) is 3.81. The van der Waals surface area contributed by atoms with Crippen molar-refractivity contribution in [1.82, 2.24) is 4.98 Å². The molecule has 170 valence electrons. The van der Waals surface area contributed by atoms with Gasteiger partial charge in [0.05, 0.1) is 17.3 Å². The van der Waals surface area contributed by atoms with Crippen LogP contribution >= 0.6 is 23.2 Å². The van der Waals surface area contributed by atoms with Gasteiger partial charge in [0.1, 0.15) is 17.2 Å². The minimum Gasteiger partial charge on any atom is -0.493 e. The van der Waals surface area contributed by atoms with Crippen LogP contribution in [-0.4, -0.2) is 17.5 Å². The number of anilines is 1. The highest BCUT2D eigenvalue weighted by Gasteiger charge is 2.15. The van der Waals surface area contributed by atoms with E-state index in [4.69, 9.17) is 32.7 Å². The number of ether oxygens (including phenoxy) is 2. The van der Waals surface area contributed by atoms with Crippen molar-refractivity contribution in [2.45, 2.75) is 12.8 Å². The van der Waals surface area contributed by atoms with Gasteiger partial charge in [-0.15, -0.1) is 0 Å². The van der Waals surface area contributed by atoms with Gasteiger partial charge in [-0.3, -0.25) is 9.78 Å². The number of nitrogens with zero attached hydrogens (tertiary/aromatic N) is 1. The first-order valence-electron chi connectivity index (χ1n) is 10.8. The fraction of sp³-hybridized carbons (Fsp3) is 0.111. The second-order valence-electron chi connectivity index (χ2n) is 7.86.